The Morgan fingerprint density at radius 2 is 0.898 bits per heavy atom. The summed E-state index contributed by atoms with van der Waals surface area (Å²) in [6.45, 7) is 11.9. The van der Waals surface area contributed by atoms with Gasteiger partial charge in [0, 0.05) is 24.6 Å². The van der Waals surface area contributed by atoms with E-state index in [1.54, 1.807) is 36.4 Å². The summed E-state index contributed by atoms with van der Waals surface area (Å²) in [5.74, 6) is 1.02. The Labute approximate surface area is 511 Å². The van der Waals surface area contributed by atoms with Gasteiger partial charge in [0.2, 0.25) is 0 Å². The Morgan fingerprint density at radius 3 is 1.26 bits per heavy atom. The van der Waals surface area contributed by atoms with Crippen LogP contribution in [0.25, 0.3) is 32.3 Å². The van der Waals surface area contributed by atoms with E-state index in [1.165, 1.54) is 42.5 Å². The Kier molecular flexibility index (Phi) is 23.3. The van der Waals surface area contributed by atoms with Gasteiger partial charge in [0.05, 0.1) is 24.4 Å². The first-order valence-corrected chi connectivity index (χ1v) is 31.9. The molecule has 0 bridgehead atoms. The SMILES string of the molecule is CCC1CCC(Oc2ccc3cc(C(CC)N4CCC[C@H](CC(=O)O)C4)ccc3c2C(F)(F)F)CC1.CCC1CCC(Oc2ccc3cc(C(O)CC)ccc3c2C(F)(F)F)CC1.CCC1CCC(Oc2ccc3cc(C=O)ccc3c2C(F)(F)F)CC1. The monoisotopic (exact) mass is 1240 g/mol. The number of hydrogen-bond donors (Lipinski definition) is 2. The van der Waals surface area contributed by atoms with Crippen LogP contribution < -0.4 is 14.2 Å². The lowest BCUT2D eigenvalue weighted by Gasteiger charge is -2.38. The van der Waals surface area contributed by atoms with Crippen molar-refractivity contribution in [2.24, 2.45) is 23.7 Å². The molecule has 88 heavy (non-hydrogen) atoms. The number of aliphatic hydroxyl groups excluding tert-OH is 1. The van der Waals surface area contributed by atoms with E-state index >= 15 is 0 Å². The van der Waals surface area contributed by atoms with Crippen LogP contribution in [0.15, 0.2) is 91.0 Å². The quantitative estimate of drug-likeness (QED) is 0.0687. The number of aldehydes is 1. The standard InChI is InChI=1S/C29H38F3NO3.C22H27F3O2.C20H21F3O2/c1-3-19-7-11-23(12-8-19)36-26-14-10-21-17-22(9-13-24(21)28(26)29(30,31)32)25(4-2)33-15-5-6-20(18-33)16-27(34)35;1-3-14-5-9-17(10-6-14)27-20-12-8-15-13-16(19(26)4-2)7-11-18(15)21(20)22(23,24)25;1-2-13-3-7-16(8-4-13)25-18-10-6-15-11-14(12-24)5-9-17(15)19(18)20(21,22)23/h9-10,13-14,17,19-20,23,25H,3-8,11-12,15-16,18H2,1-2H3,(H,34,35);7-8,11-14,17,19,26H,3-6,9-10H2,1-2H3;5-6,9-13,16H,2-4,7-8H2,1H3/t19?,20-,23?,25?;;/m1../s1. The van der Waals surface area contributed by atoms with E-state index in [4.69, 9.17) is 14.2 Å². The predicted molar refractivity (Wildman–Crippen MR) is 327 cm³/mol. The van der Waals surface area contributed by atoms with Crippen LogP contribution in [0.4, 0.5) is 39.5 Å². The molecule has 3 atom stereocenters. The molecule has 0 radical (unpaired) electrons. The highest BCUT2D eigenvalue weighted by Gasteiger charge is 2.41. The highest BCUT2D eigenvalue weighted by atomic mass is 19.4. The molecule has 0 amide bonds. The van der Waals surface area contributed by atoms with Crippen LogP contribution in [-0.4, -0.2) is 58.8 Å². The number of halogens is 9. The first-order chi connectivity index (χ1) is 41.9. The van der Waals surface area contributed by atoms with Crippen molar-refractivity contribution < 1.29 is 73.5 Å². The third kappa shape index (κ3) is 17.2. The second-order valence-electron chi connectivity index (χ2n) is 24.8. The molecule has 1 aliphatic heterocycles. The normalized spacial score (nSPS) is 22.8. The number of carbonyl (C=O) groups excluding carboxylic acids is 1. The summed E-state index contributed by atoms with van der Waals surface area (Å²) in [7, 11) is 0. The summed E-state index contributed by atoms with van der Waals surface area (Å²) in [5, 5.41) is 21.0. The number of carboxylic acid groups (broad SMARTS) is 1. The third-order valence-corrected chi connectivity index (χ3v) is 19.0. The van der Waals surface area contributed by atoms with Crippen molar-refractivity contribution in [3.63, 3.8) is 0 Å². The average Bonchev–Trinajstić information content (AvgIpc) is 3.20. The van der Waals surface area contributed by atoms with E-state index in [1.807, 2.05) is 19.1 Å². The van der Waals surface area contributed by atoms with E-state index in [2.05, 4.69) is 32.6 Å². The van der Waals surface area contributed by atoms with Gasteiger partial charge in [0.1, 0.15) is 40.2 Å². The number of nitrogens with zero attached hydrogens (tertiary/aromatic N) is 1. The Hall–Kier alpha value is -6.07. The lowest BCUT2D eigenvalue weighted by Crippen LogP contribution is -2.38. The summed E-state index contributed by atoms with van der Waals surface area (Å²) in [6.07, 6.45) is 3.34. The number of hydrogen-bond acceptors (Lipinski definition) is 7. The van der Waals surface area contributed by atoms with E-state index in [0.717, 1.165) is 128 Å². The molecule has 17 heteroatoms. The maximum atomic E-state index is 14.3. The van der Waals surface area contributed by atoms with Crippen LogP contribution in [0.1, 0.15) is 213 Å². The molecule has 3 aliphatic carbocycles. The van der Waals surface area contributed by atoms with Gasteiger partial charge in [-0.2, -0.15) is 39.5 Å². The zero-order chi connectivity index (χ0) is 63.5. The Morgan fingerprint density at radius 1 is 0.511 bits per heavy atom. The summed E-state index contributed by atoms with van der Waals surface area (Å²) >= 11 is 0. The maximum Gasteiger partial charge on any atom is 0.420 e. The molecule has 4 aliphatic rings. The van der Waals surface area contributed by atoms with Gasteiger partial charge in [-0.1, -0.05) is 108 Å². The smallest absolute Gasteiger partial charge is 0.420 e. The van der Waals surface area contributed by atoms with Crippen molar-refractivity contribution in [1.82, 2.24) is 4.90 Å². The van der Waals surface area contributed by atoms with Crippen molar-refractivity contribution in [3.8, 4) is 17.2 Å². The maximum absolute atomic E-state index is 14.3. The van der Waals surface area contributed by atoms with Gasteiger partial charge in [0.15, 0.2) is 0 Å². The van der Waals surface area contributed by atoms with Crippen LogP contribution in [0.2, 0.25) is 0 Å². The fourth-order valence-corrected chi connectivity index (χ4v) is 13.9. The van der Waals surface area contributed by atoms with Crippen molar-refractivity contribution in [3.05, 3.63) is 124 Å². The predicted octanol–water partition coefficient (Wildman–Crippen LogP) is 20.5. The molecule has 2 unspecified atom stereocenters. The molecule has 8 nitrogen and oxygen atoms in total. The van der Waals surface area contributed by atoms with Crippen molar-refractivity contribution in [1.29, 1.82) is 0 Å². The molecule has 2 N–H and O–H groups in total. The summed E-state index contributed by atoms with van der Waals surface area (Å²) in [6, 6.07) is 23.5. The molecule has 0 spiro atoms. The lowest BCUT2D eigenvalue weighted by molar-refractivity contribution is -0.139. The Bertz CT molecular complexity index is 3260. The number of carbonyl (C=O) groups is 2. The Balaban J connectivity index is 0.000000175. The topological polar surface area (TPSA) is 106 Å². The summed E-state index contributed by atoms with van der Waals surface area (Å²) in [4.78, 5) is 24.4. The number of rotatable bonds is 17. The number of ether oxygens (including phenoxy) is 3. The largest absolute Gasteiger partial charge is 0.490 e. The zero-order valence-electron chi connectivity index (χ0n) is 51.3. The molecule has 0 aromatic heterocycles. The van der Waals surface area contributed by atoms with E-state index < -0.39 is 47.3 Å². The second-order valence-corrected chi connectivity index (χ2v) is 24.8. The van der Waals surface area contributed by atoms with Crippen molar-refractivity contribution in [2.45, 2.75) is 212 Å². The van der Waals surface area contributed by atoms with Gasteiger partial charge in [-0.15, -0.1) is 0 Å². The lowest BCUT2D eigenvalue weighted by atomic mass is 9.86. The number of aliphatic carboxylic acids is 1. The number of alkyl halides is 9. The molecular formula is C71H86F9NO7. The molecule has 10 rings (SSSR count). The molecule has 4 fully saturated rings. The van der Waals surface area contributed by atoms with Crippen LogP contribution in [0.3, 0.4) is 0 Å². The highest BCUT2D eigenvalue weighted by molar-refractivity contribution is 5.93. The van der Waals surface area contributed by atoms with Gasteiger partial charge >= 0.3 is 24.5 Å². The average molecular weight is 1240 g/mol. The molecule has 6 aromatic rings. The number of fused-ring (bicyclic) bond motifs is 3. The molecular weight excluding hydrogens is 1150 g/mol. The number of piperidine rings is 1. The fraction of sp³-hybridized carbons (Fsp3) is 0.549. The first-order valence-electron chi connectivity index (χ1n) is 31.9. The number of aliphatic hydroxyl groups is 1. The van der Waals surface area contributed by atoms with Gasteiger partial charge in [0.25, 0.3) is 0 Å². The summed E-state index contributed by atoms with van der Waals surface area (Å²) in [5.41, 5.74) is -0.190. The number of likely N-dealkylation sites (tertiary alicyclic amines) is 1. The first kappa shape index (κ1) is 67.9. The van der Waals surface area contributed by atoms with Crippen LogP contribution in [0, 0.1) is 23.7 Å². The van der Waals surface area contributed by atoms with Gasteiger partial charge < -0.3 is 24.4 Å². The van der Waals surface area contributed by atoms with Crippen LogP contribution >= 0.6 is 0 Å². The summed E-state index contributed by atoms with van der Waals surface area (Å²) < 4.78 is 143. The van der Waals surface area contributed by atoms with E-state index in [9.17, 15) is 59.3 Å². The number of benzene rings is 6. The van der Waals surface area contributed by atoms with Gasteiger partial charge in [-0.25, -0.2) is 0 Å². The molecule has 3 saturated carbocycles. The third-order valence-electron chi connectivity index (χ3n) is 19.0. The molecule has 1 heterocycles. The van der Waals surface area contributed by atoms with Crippen molar-refractivity contribution >= 4 is 44.6 Å². The highest BCUT2D eigenvalue weighted by Crippen LogP contribution is 2.47. The molecule has 480 valence electrons. The van der Waals surface area contributed by atoms with Gasteiger partial charge in [-0.3, -0.25) is 14.5 Å². The van der Waals surface area contributed by atoms with E-state index in [-0.39, 0.29) is 70.1 Å². The van der Waals surface area contributed by atoms with Crippen LogP contribution in [-0.2, 0) is 23.3 Å². The van der Waals surface area contributed by atoms with E-state index in [0.29, 0.717) is 64.3 Å². The minimum atomic E-state index is -4.52. The zero-order valence-corrected chi connectivity index (χ0v) is 51.3. The minimum absolute atomic E-state index is 0.0463. The minimum Gasteiger partial charge on any atom is -0.490 e. The van der Waals surface area contributed by atoms with Gasteiger partial charge in [-0.05, 0) is 213 Å². The fourth-order valence-electron chi connectivity index (χ4n) is 13.9. The molecule has 6 aromatic carbocycles. The second kappa shape index (κ2) is 30.2. The molecule has 1 saturated heterocycles. The van der Waals surface area contributed by atoms with Crippen LogP contribution in [0.5, 0.6) is 17.2 Å². The van der Waals surface area contributed by atoms with Crippen molar-refractivity contribution in [2.75, 3.05) is 13.1 Å². The number of carboxylic acids is 1.